The zero-order valence-electron chi connectivity index (χ0n) is 17.8. The quantitative estimate of drug-likeness (QED) is 0.369. The van der Waals surface area contributed by atoms with Crippen LogP contribution in [0.4, 0.5) is 5.82 Å². The molecule has 32 heavy (non-hydrogen) atoms. The standard InChI is InChI=1S/C26H23N5O/c1-32-23-14-12-21(13-15-23)18-30(17-20-8-4-2-5-9-20)25-24-16-29-31(26(24)28-19-27-25)22-10-6-3-7-11-22/h2-16,19H,17-18H2,1H3. The Balaban J connectivity index is 1.56. The molecule has 0 fully saturated rings. The summed E-state index contributed by atoms with van der Waals surface area (Å²) in [6.45, 7) is 1.41. The lowest BCUT2D eigenvalue weighted by atomic mass is 10.1. The summed E-state index contributed by atoms with van der Waals surface area (Å²) < 4.78 is 7.17. The van der Waals surface area contributed by atoms with Gasteiger partial charge in [-0.2, -0.15) is 5.10 Å². The predicted octanol–water partition coefficient (Wildman–Crippen LogP) is 5.03. The van der Waals surface area contributed by atoms with Gasteiger partial charge >= 0.3 is 0 Å². The molecule has 3 aromatic carbocycles. The summed E-state index contributed by atoms with van der Waals surface area (Å²) in [5, 5.41) is 5.53. The fraction of sp³-hybridized carbons (Fsp3) is 0.115. The third kappa shape index (κ3) is 4.03. The fourth-order valence-electron chi connectivity index (χ4n) is 3.80. The normalized spacial score (nSPS) is 10.9. The van der Waals surface area contributed by atoms with Crippen molar-refractivity contribution in [1.82, 2.24) is 19.7 Å². The topological polar surface area (TPSA) is 56.1 Å². The Hall–Kier alpha value is -4.19. The number of ether oxygens (including phenoxy) is 1. The van der Waals surface area contributed by atoms with Crippen LogP contribution in [-0.4, -0.2) is 26.9 Å². The van der Waals surface area contributed by atoms with E-state index < -0.39 is 0 Å². The number of nitrogens with zero attached hydrogens (tertiary/aromatic N) is 5. The highest BCUT2D eigenvalue weighted by molar-refractivity contribution is 5.87. The lowest BCUT2D eigenvalue weighted by Gasteiger charge is -2.24. The highest BCUT2D eigenvalue weighted by Gasteiger charge is 2.17. The van der Waals surface area contributed by atoms with Crippen LogP contribution < -0.4 is 9.64 Å². The summed E-state index contributed by atoms with van der Waals surface area (Å²) in [6.07, 6.45) is 3.47. The Morgan fingerprint density at radius 1 is 0.781 bits per heavy atom. The molecule has 0 unspecified atom stereocenters. The maximum atomic E-state index is 5.31. The van der Waals surface area contributed by atoms with Crippen molar-refractivity contribution in [3.63, 3.8) is 0 Å². The van der Waals surface area contributed by atoms with E-state index in [9.17, 15) is 0 Å². The van der Waals surface area contributed by atoms with Gasteiger partial charge in [0.05, 0.1) is 24.4 Å². The van der Waals surface area contributed by atoms with Crippen LogP contribution in [0.3, 0.4) is 0 Å². The van der Waals surface area contributed by atoms with Gasteiger partial charge in [-0.25, -0.2) is 14.6 Å². The van der Waals surface area contributed by atoms with Gasteiger partial charge in [-0.3, -0.25) is 0 Å². The van der Waals surface area contributed by atoms with Gasteiger partial charge in [0.2, 0.25) is 0 Å². The van der Waals surface area contributed by atoms with Crippen molar-refractivity contribution in [2.75, 3.05) is 12.0 Å². The van der Waals surface area contributed by atoms with E-state index in [1.165, 1.54) is 11.1 Å². The first-order valence-corrected chi connectivity index (χ1v) is 10.5. The fourth-order valence-corrected chi connectivity index (χ4v) is 3.80. The molecule has 158 valence electrons. The minimum atomic E-state index is 0.696. The second-order valence-electron chi connectivity index (χ2n) is 7.52. The zero-order chi connectivity index (χ0) is 21.8. The molecule has 0 aliphatic heterocycles. The molecule has 0 amide bonds. The Bertz CT molecular complexity index is 1300. The third-order valence-electron chi connectivity index (χ3n) is 5.39. The molecule has 0 bridgehead atoms. The maximum Gasteiger partial charge on any atom is 0.168 e. The van der Waals surface area contributed by atoms with Crippen LogP contribution in [0.1, 0.15) is 11.1 Å². The Morgan fingerprint density at radius 3 is 2.12 bits per heavy atom. The molecule has 0 spiro atoms. The van der Waals surface area contributed by atoms with Crippen LogP contribution in [0.2, 0.25) is 0 Å². The number of methoxy groups -OCH3 is 1. The smallest absolute Gasteiger partial charge is 0.168 e. The molecule has 6 nitrogen and oxygen atoms in total. The Labute approximate surface area is 186 Å². The molecule has 0 N–H and O–H groups in total. The number of anilines is 1. The molecule has 0 saturated heterocycles. The first kappa shape index (κ1) is 19.8. The predicted molar refractivity (Wildman–Crippen MR) is 126 cm³/mol. The summed E-state index contributed by atoms with van der Waals surface area (Å²) >= 11 is 0. The summed E-state index contributed by atoms with van der Waals surface area (Å²) in [6, 6.07) is 28.6. The van der Waals surface area contributed by atoms with E-state index in [0.29, 0.717) is 6.54 Å². The van der Waals surface area contributed by atoms with Gasteiger partial charge in [-0.1, -0.05) is 60.7 Å². The summed E-state index contributed by atoms with van der Waals surface area (Å²) in [5.74, 6) is 1.70. The van der Waals surface area contributed by atoms with Crippen molar-refractivity contribution in [2.24, 2.45) is 0 Å². The van der Waals surface area contributed by atoms with Crippen molar-refractivity contribution in [1.29, 1.82) is 0 Å². The van der Waals surface area contributed by atoms with Gasteiger partial charge in [0, 0.05) is 13.1 Å². The number of hydrogen-bond acceptors (Lipinski definition) is 5. The number of hydrogen-bond donors (Lipinski definition) is 0. The number of fused-ring (bicyclic) bond motifs is 1. The molecule has 2 aromatic heterocycles. The molecule has 5 rings (SSSR count). The van der Waals surface area contributed by atoms with Crippen molar-refractivity contribution in [3.8, 4) is 11.4 Å². The molecule has 0 radical (unpaired) electrons. The summed E-state index contributed by atoms with van der Waals surface area (Å²) in [7, 11) is 1.68. The summed E-state index contributed by atoms with van der Waals surface area (Å²) in [5.41, 5.74) is 4.14. The first-order valence-electron chi connectivity index (χ1n) is 10.5. The maximum absolute atomic E-state index is 5.31. The van der Waals surface area contributed by atoms with Gasteiger partial charge in [-0.15, -0.1) is 0 Å². The first-order chi connectivity index (χ1) is 15.8. The van der Waals surface area contributed by atoms with E-state index in [-0.39, 0.29) is 0 Å². The van der Waals surface area contributed by atoms with Gasteiger partial charge < -0.3 is 9.64 Å². The third-order valence-corrected chi connectivity index (χ3v) is 5.39. The number of rotatable bonds is 7. The van der Waals surface area contributed by atoms with Crippen LogP contribution in [-0.2, 0) is 13.1 Å². The lowest BCUT2D eigenvalue weighted by molar-refractivity contribution is 0.414. The second kappa shape index (κ2) is 8.89. The molecule has 0 saturated carbocycles. The molecule has 0 aliphatic carbocycles. The summed E-state index contributed by atoms with van der Waals surface area (Å²) in [4.78, 5) is 11.5. The SMILES string of the molecule is COc1ccc(CN(Cc2ccccc2)c2ncnc3c2cnn3-c2ccccc2)cc1. The molecule has 5 aromatic rings. The van der Waals surface area contributed by atoms with Crippen LogP contribution in [0.15, 0.2) is 97.5 Å². The van der Waals surface area contributed by atoms with E-state index in [1.54, 1.807) is 13.4 Å². The van der Waals surface area contributed by atoms with E-state index in [4.69, 9.17) is 4.74 Å². The van der Waals surface area contributed by atoms with Gasteiger partial charge in [-0.05, 0) is 35.4 Å². The largest absolute Gasteiger partial charge is 0.497 e. The van der Waals surface area contributed by atoms with Crippen molar-refractivity contribution >= 4 is 16.9 Å². The van der Waals surface area contributed by atoms with Crippen LogP contribution in [0.5, 0.6) is 5.75 Å². The molecule has 0 atom stereocenters. The van der Waals surface area contributed by atoms with E-state index >= 15 is 0 Å². The van der Waals surface area contributed by atoms with Crippen molar-refractivity contribution in [3.05, 3.63) is 109 Å². The minimum absolute atomic E-state index is 0.696. The van der Waals surface area contributed by atoms with Crippen molar-refractivity contribution < 1.29 is 4.74 Å². The molecule has 6 heteroatoms. The van der Waals surface area contributed by atoms with E-state index in [1.807, 2.05) is 59.4 Å². The molecular weight excluding hydrogens is 398 g/mol. The zero-order valence-corrected chi connectivity index (χ0v) is 17.8. The van der Waals surface area contributed by atoms with Crippen molar-refractivity contribution in [2.45, 2.75) is 13.1 Å². The second-order valence-corrected chi connectivity index (χ2v) is 7.52. The lowest BCUT2D eigenvalue weighted by Crippen LogP contribution is -2.23. The highest BCUT2D eigenvalue weighted by atomic mass is 16.5. The van der Waals surface area contributed by atoms with Gasteiger partial charge in [0.1, 0.15) is 17.9 Å². The van der Waals surface area contributed by atoms with Gasteiger partial charge in [0.25, 0.3) is 0 Å². The monoisotopic (exact) mass is 421 g/mol. The average molecular weight is 422 g/mol. The van der Waals surface area contributed by atoms with E-state index in [2.05, 4.69) is 56.4 Å². The number of benzene rings is 3. The Morgan fingerprint density at radius 2 is 1.44 bits per heavy atom. The molecule has 2 heterocycles. The number of para-hydroxylation sites is 1. The van der Waals surface area contributed by atoms with E-state index in [0.717, 1.165) is 34.8 Å². The molecular formula is C26H23N5O. The Kier molecular flexibility index (Phi) is 5.49. The van der Waals surface area contributed by atoms with Gasteiger partial charge in [0.15, 0.2) is 5.65 Å². The minimum Gasteiger partial charge on any atom is -0.497 e. The average Bonchev–Trinajstić information content (AvgIpc) is 3.30. The van der Waals surface area contributed by atoms with Crippen LogP contribution in [0, 0.1) is 0 Å². The molecule has 0 aliphatic rings. The van der Waals surface area contributed by atoms with Crippen LogP contribution in [0.25, 0.3) is 16.7 Å². The highest BCUT2D eigenvalue weighted by Crippen LogP contribution is 2.27. The van der Waals surface area contributed by atoms with Crippen LogP contribution >= 0.6 is 0 Å². The number of aromatic nitrogens is 4.